The summed E-state index contributed by atoms with van der Waals surface area (Å²) in [5.74, 6) is 1.52. The molecule has 0 aliphatic carbocycles. The van der Waals surface area contributed by atoms with Crippen LogP contribution in [0.4, 0.5) is 0 Å². The van der Waals surface area contributed by atoms with E-state index < -0.39 is 0 Å². The van der Waals surface area contributed by atoms with Crippen LogP contribution in [0.3, 0.4) is 0 Å². The third-order valence-electron chi connectivity index (χ3n) is 3.89. The smallest absolute Gasteiger partial charge is 0.263 e. The Hall–Kier alpha value is -2.96. The van der Waals surface area contributed by atoms with Crippen LogP contribution in [0, 0.1) is 5.92 Å². The van der Waals surface area contributed by atoms with Crippen molar-refractivity contribution in [2.45, 2.75) is 26.8 Å². The normalized spacial score (nSPS) is 11.8. The molecule has 0 atom stereocenters. The zero-order chi connectivity index (χ0) is 16.7. The van der Waals surface area contributed by atoms with E-state index in [4.69, 9.17) is 4.52 Å². The highest BCUT2D eigenvalue weighted by Crippen LogP contribution is 2.20. The van der Waals surface area contributed by atoms with Gasteiger partial charge in [-0.25, -0.2) is 4.98 Å². The van der Waals surface area contributed by atoms with Crippen LogP contribution in [0.15, 0.2) is 39.9 Å². The summed E-state index contributed by atoms with van der Waals surface area (Å²) in [4.78, 5) is 24.7. The van der Waals surface area contributed by atoms with Crippen molar-refractivity contribution in [3.8, 4) is 0 Å². The largest absolute Gasteiger partial charge is 0.339 e. The minimum Gasteiger partial charge on any atom is -0.339 e. The number of fused-ring (bicyclic) bond motifs is 3. The van der Waals surface area contributed by atoms with Gasteiger partial charge in [-0.05, 0) is 12.0 Å². The van der Waals surface area contributed by atoms with Crippen molar-refractivity contribution in [2.24, 2.45) is 5.92 Å². The first-order valence-electron chi connectivity index (χ1n) is 7.89. The van der Waals surface area contributed by atoms with Crippen LogP contribution in [-0.2, 0) is 13.0 Å². The van der Waals surface area contributed by atoms with Crippen molar-refractivity contribution < 1.29 is 4.52 Å². The van der Waals surface area contributed by atoms with Gasteiger partial charge in [-0.2, -0.15) is 4.98 Å². The summed E-state index contributed by atoms with van der Waals surface area (Å²) in [5, 5.41) is 5.40. The highest BCUT2D eigenvalue weighted by atomic mass is 16.5. The molecule has 122 valence electrons. The minimum atomic E-state index is -0.124. The Morgan fingerprint density at radius 2 is 2.12 bits per heavy atom. The first-order valence-corrected chi connectivity index (χ1v) is 7.89. The van der Waals surface area contributed by atoms with E-state index >= 15 is 0 Å². The molecule has 0 aliphatic heterocycles. The zero-order valence-corrected chi connectivity index (χ0v) is 13.5. The van der Waals surface area contributed by atoms with Gasteiger partial charge >= 0.3 is 0 Å². The molecule has 7 heteroatoms. The molecule has 0 saturated heterocycles. The van der Waals surface area contributed by atoms with Crippen LogP contribution < -0.4 is 5.56 Å². The molecule has 24 heavy (non-hydrogen) atoms. The second-order valence-corrected chi connectivity index (χ2v) is 6.27. The number of nitrogens with one attached hydrogen (secondary N) is 1. The van der Waals surface area contributed by atoms with Crippen molar-refractivity contribution in [1.29, 1.82) is 0 Å². The van der Waals surface area contributed by atoms with E-state index in [1.807, 2.05) is 24.3 Å². The van der Waals surface area contributed by atoms with Gasteiger partial charge in [-0.3, -0.25) is 9.36 Å². The second kappa shape index (κ2) is 5.59. The molecular formula is C17H17N5O2. The third-order valence-corrected chi connectivity index (χ3v) is 3.89. The summed E-state index contributed by atoms with van der Waals surface area (Å²) in [6.45, 7) is 4.40. The lowest BCUT2D eigenvalue weighted by molar-refractivity contribution is 0.362. The third kappa shape index (κ3) is 2.47. The molecule has 3 aromatic heterocycles. The molecule has 1 aromatic carbocycles. The lowest BCUT2D eigenvalue weighted by Gasteiger charge is -2.01. The standard InChI is InChI=1S/C17H17N5O2/c1-10(2)7-13-20-14(24-21-13)8-22-9-18-16-15(17(22)23)11-5-3-4-6-12(11)19-16/h3-6,9-10,19H,7-8H2,1-2H3. The Morgan fingerprint density at radius 1 is 1.29 bits per heavy atom. The summed E-state index contributed by atoms with van der Waals surface area (Å²) >= 11 is 0. The Labute approximate surface area is 137 Å². The molecule has 4 rings (SSSR count). The lowest BCUT2D eigenvalue weighted by Crippen LogP contribution is -2.21. The number of hydrogen-bond donors (Lipinski definition) is 1. The summed E-state index contributed by atoms with van der Waals surface area (Å²) in [6.07, 6.45) is 2.25. The number of nitrogens with zero attached hydrogens (tertiary/aromatic N) is 4. The first-order chi connectivity index (χ1) is 11.6. The highest BCUT2D eigenvalue weighted by Gasteiger charge is 2.14. The SMILES string of the molecule is CC(C)Cc1noc(Cn2cnc3[nH]c4ccccc4c3c2=O)n1. The Kier molecular flexibility index (Phi) is 3.41. The van der Waals surface area contributed by atoms with Crippen LogP contribution in [0.1, 0.15) is 25.6 Å². The summed E-state index contributed by atoms with van der Waals surface area (Å²) in [6, 6.07) is 7.67. The van der Waals surface area contributed by atoms with Gasteiger partial charge in [0.15, 0.2) is 5.82 Å². The van der Waals surface area contributed by atoms with E-state index in [9.17, 15) is 4.79 Å². The number of hydrogen-bond acceptors (Lipinski definition) is 5. The Balaban J connectivity index is 1.74. The minimum absolute atomic E-state index is 0.124. The van der Waals surface area contributed by atoms with Crippen LogP contribution in [-0.4, -0.2) is 24.7 Å². The predicted octanol–water partition coefficient (Wildman–Crippen LogP) is 2.51. The van der Waals surface area contributed by atoms with E-state index in [1.165, 1.54) is 10.9 Å². The quantitative estimate of drug-likeness (QED) is 0.623. The van der Waals surface area contributed by atoms with Gasteiger partial charge in [-0.1, -0.05) is 37.2 Å². The average molecular weight is 323 g/mol. The molecule has 4 aromatic rings. The van der Waals surface area contributed by atoms with Crippen molar-refractivity contribution >= 4 is 21.9 Å². The van der Waals surface area contributed by atoms with E-state index in [-0.39, 0.29) is 12.1 Å². The molecule has 0 amide bonds. The van der Waals surface area contributed by atoms with Gasteiger partial charge in [0.1, 0.15) is 18.5 Å². The van der Waals surface area contributed by atoms with Gasteiger partial charge in [0, 0.05) is 17.3 Å². The van der Waals surface area contributed by atoms with Crippen LogP contribution in [0.25, 0.3) is 21.9 Å². The number of benzene rings is 1. The van der Waals surface area contributed by atoms with Gasteiger partial charge in [0.2, 0.25) is 5.89 Å². The van der Waals surface area contributed by atoms with Crippen LogP contribution in [0.5, 0.6) is 0 Å². The molecule has 0 radical (unpaired) electrons. The summed E-state index contributed by atoms with van der Waals surface area (Å²) in [5.41, 5.74) is 1.36. The van der Waals surface area contributed by atoms with Crippen LogP contribution >= 0.6 is 0 Å². The topological polar surface area (TPSA) is 89.6 Å². The van der Waals surface area contributed by atoms with Gasteiger partial charge in [-0.15, -0.1) is 0 Å². The van der Waals surface area contributed by atoms with E-state index in [2.05, 4.69) is 34.0 Å². The number of rotatable bonds is 4. The van der Waals surface area contributed by atoms with Gasteiger partial charge in [0.05, 0.1) is 5.39 Å². The van der Waals surface area contributed by atoms with Crippen molar-refractivity contribution in [3.05, 3.63) is 52.7 Å². The summed E-state index contributed by atoms with van der Waals surface area (Å²) < 4.78 is 6.74. The average Bonchev–Trinajstić information content (AvgIpc) is 3.13. The molecular weight excluding hydrogens is 306 g/mol. The maximum absolute atomic E-state index is 12.8. The zero-order valence-electron chi connectivity index (χ0n) is 13.5. The maximum atomic E-state index is 12.8. The molecule has 3 heterocycles. The molecule has 7 nitrogen and oxygen atoms in total. The molecule has 0 saturated carbocycles. The molecule has 0 bridgehead atoms. The lowest BCUT2D eigenvalue weighted by atomic mass is 10.1. The number of aromatic nitrogens is 5. The van der Waals surface area contributed by atoms with E-state index in [0.29, 0.717) is 28.7 Å². The molecule has 0 fully saturated rings. The molecule has 0 aliphatic rings. The fraction of sp³-hybridized carbons (Fsp3) is 0.294. The Bertz CT molecular complexity index is 1070. The van der Waals surface area contributed by atoms with Crippen molar-refractivity contribution in [2.75, 3.05) is 0 Å². The fourth-order valence-electron chi connectivity index (χ4n) is 2.83. The molecule has 0 spiro atoms. The van der Waals surface area contributed by atoms with Gasteiger partial charge in [0.25, 0.3) is 5.56 Å². The van der Waals surface area contributed by atoms with Crippen molar-refractivity contribution in [1.82, 2.24) is 24.7 Å². The van der Waals surface area contributed by atoms with E-state index in [0.717, 1.165) is 17.3 Å². The molecule has 0 unspecified atom stereocenters. The van der Waals surface area contributed by atoms with E-state index in [1.54, 1.807) is 0 Å². The number of aromatic amines is 1. The fourth-order valence-corrected chi connectivity index (χ4v) is 2.83. The second-order valence-electron chi connectivity index (χ2n) is 6.27. The number of H-pyrrole nitrogens is 1. The van der Waals surface area contributed by atoms with Gasteiger partial charge < -0.3 is 9.51 Å². The predicted molar refractivity (Wildman–Crippen MR) is 89.8 cm³/mol. The Morgan fingerprint density at radius 3 is 2.96 bits per heavy atom. The van der Waals surface area contributed by atoms with Crippen molar-refractivity contribution in [3.63, 3.8) is 0 Å². The number of para-hydroxylation sites is 1. The monoisotopic (exact) mass is 323 g/mol. The molecule has 1 N–H and O–H groups in total. The van der Waals surface area contributed by atoms with Crippen LogP contribution in [0.2, 0.25) is 0 Å². The maximum Gasteiger partial charge on any atom is 0.263 e. The highest BCUT2D eigenvalue weighted by molar-refractivity contribution is 6.05. The summed E-state index contributed by atoms with van der Waals surface area (Å²) in [7, 11) is 0. The first kappa shape index (κ1) is 14.6.